The summed E-state index contributed by atoms with van der Waals surface area (Å²) in [6, 6.07) is 19.4. The van der Waals surface area contributed by atoms with E-state index in [9.17, 15) is 9.90 Å². The summed E-state index contributed by atoms with van der Waals surface area (Å²) >= 11 is 0. The Morgan fingerprint density at radius 2 is 1.71 bits per heavy atom. The zero-order valence-electron chi connectivity index (χ0n) is 16.0. The van der Waals surface area contributed by atoms with Crippen LogP contribution in [0.5, 0.6) is 5.88 Å². The normalized spacial score (nSPS) is 19.4. The SMILES string of the molecule is O=C(NCC1CCC(Cc2ccccc2)CC1)c1ccc2nc(O)ccc2c1. The van der Waals surface area contributed by atoms with Crippen molar-refractivity contribution in [3.05, 3.63) is 71.8 Å². The van der Waals surface area contributed by atoms with Crippen LogP contribution in [-0.2, 0) is 6.42 Å². The number of carbonyl (C=O) groups is 1. The first-order valence-corrected chi connectivity index (χ1v) is 10.1. The Hall–Kier alpha value is -2.88. The highest BCUT2D eigenvalue weighted by atomic mass is 16.3. The number of pyridine rings is 1. The molecule has 1 amide bonds. The largest absolute Gasteiger partial charge is 0.493 e. The molecule has 4 nitrogen and oxygen atoms in total. The fourth-order valence-corrected chi connectivity index (χ4v) is 4.18. The molecule has 3 aromatic rings. The van der Waals surface area contributed by atoms with Crippen LogP contribution >= 0.6 is 0 Å². The van der Waals surface area contributed by atoms with Crippen molar-refractivity contribution in [1.29, 1.82) is 0 Å². The van der Waals surface area contributed by atoms with Gasteiger partial charge in [-0.3, -0.25) is 4.79 Å². The minimum Gasteiger partial charge on any atom is -0.493 e. The van der Waals surface area contributed by atoms with Crippen molar-refractivity contribution in [2.75, 3.05) is 6.54 Å². The van der Waals surface area contributed by atoms with E-state index >= 15 is 0 Å². The van der Waals surface area contributed by atoms with Gasteiger partial charge in [-0.1, -0.05) is 30.3 Å². The molecule has 0 saturated heterocycles. The van der Waals surface area contributed by atoms with Crippen LogP contribution in [0.25, 0.3) is 10.9 Å². The molecule has 0 unspecified atom stereocenters. The average molecular weight is 374 g/mol. The fourth-order valence-electron chi connectivity index (χ4n) is 4.18. The second-order valence-electron chi connectivity index (χ2n) is 7.86. The minimum atomic E-state index is -0.0404. The first-order valence-electron chi connectivity index (χ1n) is 10.1. The predicted octanol–water partition coefficient (Wildman–Crippen LogP) is 4.72. The quantitative estimate of drug-likeness (QED) is 0.679. The van der Waals surface area contributed by atoms with E-state index in [0.717, 1.165) is 17.8 Å². The molecule has 0 atom stereocenters. The molecule has 144 valence electrons. The van der Waals surface area contributed by atoms with Crippen LogP contribution in [0, 0.1) is 11.8 Å². The van der Waals surface area contributed by atoms with Gasteiger partial charge in [0.1, 0.15) is 0 Å². The highest BCUT2D eigenvalue weighted by Crippen LogP contribution is 2.30. The summed E-state index contributed by atoms with van der Waals surface area (Å²) in [7, 11) is 0. The topological polar surface area (TPSA) is 62.2 Å². The van der Waals surface area contributed by atoms with Gasteiger partial charge in [0.25, 0.3) is 5.91 Å². The summed E-state index contributed by atoms with van der Waals surface area (Å²) in [6.07, 6.45) is 6.00. The van der Waals surface area contributed by atoms with Crippen LogP contribution in [0.3, 0.4) is 0 Å². The fraction of sp³-hybridized carbons (Fsp3) is 0.333. The number of benzene rings is 2. The Morgan fingerprint density at radius 1 is 0.964 bits per heavy atom. The molecule has 0 aliphatic heterocycles. The highest BCUT2D eigenvalue weighted by molar-refractivity contribution is 5.97. The predicted molar refractivity (Wildman–Crippen MR) is 111 cm³/mol. The van der Waals surface area contributed by atoms with Gasteiger partial charge in [-0.2, -0.15) is 0 Å². The number of rotatable bonds is 5. The number of aromatic nitrogens is 1. The molecule has 0 spiro atoms. The maximum atomic E-state index is 12.5. The molecule has 1 aliphatic rings. The number of nitrogens with zero attached hydrogens (tertiary/aromatic N) is 1. The smallest absolute Gasteiger partial charge is 0.251 e. The van der Waals surface area contributed by atoms with E-state index in [-0.39, 0.29) is 11.8 Å². The molecule has 1 fully saturated rings. The lowest BCUT2D eigenvalue weighted by molar-refractivity contribution is 0.0941. The molecule has 4 heteroatoms. The summed E-state index contributed by atoms with van der Waals surface area (Å²) in [6.45, 7) is 0.739. The van der Waals surface area contributed by atoms with Gasteiger partial charge in [0.15, 0.2) is 0 Å². The molecule has 2 N–H and O–H groups in total. The third-order valence-electron chi connectivity index (χ3n) is 5.82. The Morgan fingerprint density at radius 3 is 2.50 bits per heavy atom. The standard InChI is InChI=1S/C24H26N2O2/c27-23-13-11-20-15-21(10-12-22(20)26-23)24(28)25-16-19-8-6-18(7-9-19)14-17-4-2-1-3-5-17/h1-5,10-13,15,18-19H,6-9,14,16H2,(H,25,28)(H,26,27). The monoisotopic (exact) mass is 374 g/mol. The molecule has 1 aliphatic carbocycles. The second kappa shape index (κ2) is 8.42. The van der Waals surface area contributed by atoms with Crippen molar-refractivity contribution in [3.63, 3.8) is 0 Å². The lowest BCUT2D eigenvalue weighted by atomic mass is 9.79. The van der Waals surface area contributed by atoms with Gasteiger partial charge >= 0.3 is 0 Å². The maximum absolute atomic E-state index is 12.5. The zero-order chi connectivity index (χ0) is 19.3. The summed E-state index contributed by atoms with van der Waals surface area (Å²) in [4.78, 5) is 16.6. The minimum absolute atomic E-state index is 0.00688. The van der Waals surface area contributed by atoms with Gasteiger partial charge in [-0.15, -0.1) is 0 Å². The van der Waals surface area contributed by atoms with E-state index in [2.05, 4.69) is 40.6 Å². The molecule has 1 heterocycles. The summed E-state index contributed by atoms with van der Waals surface area (Å²) in [5.74, 6) is 1.28. The lowest BCUT2D eigenvalue weighted by Gasteiger charge is -2.28. The Kier molecular flexibility index (Phi) is 5.56. The number of hydrogen-bond acceptors (Lipinski definition) is 3. The first-order chi connectivity index (χ1) is 13.7. The first kappa shape index (κ1) is 18.5. The summed E-state index contributed by atoms with van der Waals surface area (Å²) in [5.41, 5.74) is 2.75. The Balaban J connectivity index is 1.27. The summed E-state index contributed by atoms with van der Waals surface area (Å²) < 4.78 is 0. The van der Waals surface area contributed by atoms with Crippen LogP contribution in [0.15, 0.2) is 60.7 Å². The van der Waals surface area contributed by atoms with E-state index in [4.69, 9.17) is 0 Å². The van der Waals surface area contributed by atoms with Gasteiger partial charge < -0.3 is 10.4 Å². The van der Waals surface area contributed by atoms with Gasteiger partial charge in [0.2, 0.25) is 5.88 Å². The lowest BCUT2D eigenvalue weighted by Crippen LogP contribution is -2.31. The number of carbonyl (C=O) groups excluding carboxylic acids is 1. The third kappa shape index (κ3) is 4.50. The van der Waals surface area contributed by atoms with E-state index in [1.54, 1.807) is 18.2 Å². The number of amides is 1. The number of hydrogen-bond donors (Lipinski definition) is 2. The van der Waals surface area contributed by atoms with Crippen LogP contribution < -0.4 is 5.32 Å². The molecule has 1 aromatic heterocycles. The zero-order valence-corrected chi connectivity index (χ0v) is 16.0. The molecular formula is C24H26N2O2. The van der Waals surface area contributed by atoms with Crippen LogP contribution in [0.1, 0.15) is 41.6 Å². The van der Waals surface area contributed by atoms with Gasteiger partial charge in [-0.25, -0.2) is 4.98 Å². The molecule has 2 aromatic carbocycles. The average Bonchev–Trinajstić information content (AvgIpc) is 2.73. The van der Waals surface area contributed by atoms with E-state index in [1.807, 2.05) is 6.07 Å². The van der Waals surface area contributed by atoms with E-state index in [1.165, 1.54) is 43.7 Å². The Bertz CT molecular complexity index is 947. The Labute approximate surface area is 165 Å². The number of fused-ring (bicyclic) bond motifs is 1. The van der Waals surface area contributed by atoms with Crippen molar-refractivity contribution in [1.82, 2.24) is 10.3 Å². The van der Waals surface area contributed by atoms with Gasteiger partial charge in [-0.05, 0) is 73.8 Å². The number of nitrogens with one attached hydrogen (secondary N) is 1. The van der Waals surface area contributed by atoms with E-state index in [0.29, 0.717) is 17.0 Å². The van der Waals surface area contributed by atoms with Crippen LogP contribution in [0.2, 0.25) is 0 Å². The van der Waals surface area contributed by atoms with Crippen molar-refractivity contribution in [3.8, 4) is 5.88 Å². The number of aromatic hydroxyl groups is 1. The molecule has 4 rings (SSSR count). The van der Waals surface area contributed by atoms with Gasteiger partial charge in [0.05, 0.1) is 5.52 Å². The van der Waals surface area contributed by atoms with Crippen molar-refractivity contribution in [2.24, 2.45) is 11.8 Å². The molecular weight excluding hydrogens is 348 g/mol. The molecule has 0 radical (unpaired) electrons. The van der Waals surface area contributed by atoms with Crippen LogP contribution in [-0.4, -0.2) is 22.5 Å². The van der Waals surface area contributed by atoms with E-state index < -0.39 is 0 Å². The summed E-state index contributed by atoms with van der Waals surface area (Å²) in [5, 5.41) is 13.4. The molecule has 28 heavy (non-hydrogen) atoms. The van der Waals surface area contributed by atoms with Crippen LogP contribution in [0.4, 0.5) is 0 Å². The molecule has 0 bridgehead atoms. The van der Waals surface area contributed by atoms with Crippen molar-refractivity contribution in [2.45, 2.75) is 32.1 Å². The van der Waals surface area contributed by atoms with Crippen molar-refractivity contribution >= 4 is 16.8 Å². The van der Waals surface area contributed by atoms with Gasteiger partial charge in [0, 0.05) is 23.6 Å². The third-order valence-corrected chi connectivity index (χ3v) is 5.82. The molecule has 1 saturated carbocycles. The highest BCUT2D eigenvalue weighted by Gasteiger charge is 2.22. The maximum Gasteiger partial charge on any atom is 0.251 e. The van der Waals surface area contributed by atoms with Crippen molar-refractivity contribution < 1.29 is 9.90 Å². The second-order valence-corrected chi connectivity index (χ2v) is 7.86.